The molecule has 0 bridgehead atoms. The Hall–Kier alpha value is -0.900. The van der Waals surface area contributed by atoms with Crippen molar-refractivity contribution in [1.82, 2.24) is 0 Å². The molecule has 0 unspecified atom stereocenters. The molecule has 2 rings (SSSR count). The highest BCUT2D eigenvalue weighted by atomic mass is 16.6. The van der Waals surface area contributed by atoms with E-state index in [4.69, 9.17) is 4.74 Å². The van der Waals surface area contributed by atoms with E-state index in [9.17, 15) is 5.21 Å². The highest BCUT2D eigenvalue weighted by Crippen LogP contribution is 2.19. The average molecular weight is 235 g/mol. The molecule has 3 heteroatoms. The van der Waals surface area contributed by atoms with Crippen LogP contribution in [0.25, 0.3) is 0 Å². The Kier molecular flexibility index (Phi) is 3.82. The number of hydroxylamine groups is 3. The topological polar surface area (TPSA) is 32.3 Å². The lowest BCUT2D eigenvalue weighted by atomic mass is 10.0. The minimum Gasteiger partial charge on any atom is -0.632 e. The molecule has 0 radical (unpaired) electrons. The molecule has 3 nitrogen and oxygen atoms in total. The number of benzene rings is 1. The Balaban J connectivity index is 2.03. The fourth-order valence-electron chi connectivity index (χ4n) is 2.17. The van der Waals surface area contributed by atoms with Crippen LogP contribution in [0.15, 0.2) is 24.3 Å². The summed E-state index contributed by atoms with van der Waals surface area (Å²) in [6.07, 6.45) is 0. The van der Waals surface area contributed by atoms with E-state index in [0.717, 1.165) is 5.56 Å². The SMILES string of the molecule is CC(C)c1ccc(C[N+]2([O-])CCOCC2)cc1. The summed E-state index contributed by atoms with van der Waals surface area (Å²) in [4.78, 5) is 0. The van der Waals surface area contributed by atoms with Crippen molar-refractivity contribution in [1.29, 1.82) is 0 Å². The summed E-state index contributed by atoms with van der Waals surface area (Å²) in [5.41, 5.74) is 2.46. The van der Waals surface area contributed by atoms with Crippen LogP contribution in [0.5, 0.6) is 0 Å². The third kappa shape index (κ3) is 3.28. The van der Waals surface area contributed by atoms with Crippen LogP contribution >= 0.6 is 0 Å². The third-order valence-corrected chi connectivity index (χ3v) is 3.40. The number of hydrogen-bond acceptors (Lipinski definition) is 2. The summed E-state index contributed by atoms with van der Waals surface area (Å²) in [6, 6.07) is 8.44. The molecule has 0 aromatic heterocycles. The maximum atomic E-state index is 12.4. The lowest BCUT2D eigenvalue weighted by Gasteiger charge is -2.45. The molecule has 0 saturated carbocycles. The van der Waals surface area contributed by atoms with Crippen LogP contribution in [-0.2, 0) is 11.3 Å². The van der Waals surface area contributed by atoms with Crippen molar-refractivity contribution in [2.45, 2.75) is 26.3 Å². The van der Waals surface area contributed by atoms with E-state index in [0.29, 0.717) is 38.8 Å². The van der Waals surface area contributed by atoms with Gasteiger partial charge in [0.15, 0.2) is 0 Å². The van der Waals surface area contributed by atoms with E-state index in [1.165, 1.54) is 5.56 Å². The Labute approximate surface area is 103 Å². The Bertz CT molecular complexity index is 353. The molecule has 1 aliphatic rings. The molecule has 0 atom stereocenters. The number of ether oxygens (including phenoxy) is 1. The van der Waals surface area contributed by atoms with Crippen LogP contribution in [0.4, 0.5) is 0 Å². The maximum Gasteiger partial charge on any atom is 0.104 e. The van der Waals surface area contributed by atoms with Gasteiger partial charge < -0.3 is 14.6 Å². The molecular weight excluding hydrogens is 214 g/mol. The normalized spacial score (nSPS) is 19.5. The van der Waals surface area contributed by atoms with Crippen molar-refractivity contribution in [3.63, 3.8) is 0 Å². The van der Waals surface area contributed by atoms with Gasteiger partial charge in [-0.1, -0.05) is 38.1 Å². The van der Waals surface area contributed by atoms with Gasteiger partial charge in [-0.05, 0) is 11.5 Å². The van der Waals surface area contributed by atoms with Gasteiger partial charge in [-0.2, -0.15) is 0 Å². The van der Waals surface area contributed by atoms with E-state index >= 15 is 0 Å². The molecule has 94 valence electrons. The summed E-state index contributed by atoms with van der Waals surface area (Å²) in [5.74, 6) is 0.544. The summed E-state index contributed by atoms with van der Waals surface area (Å²) < 4.78 is 5.10. The van der Waals surface area contributed by atoms with Gasteiger partial charge in [0.05, 0.1) is 13.2 Å². The molecule has 1 heterocycles. The lowest BCUT2D eigenvalue weighted by Crippen LogP contribution is -2.49. The van der Waals surface area contributed by atoms with Gasteiger partial charge in [0.2, 0.25) is 0 Å². The van der Waals surface area contributed by atoms with Crippen LogP contribution in [0.3, 0.4) is 0 Å². The first-order valence-corrected chi connectivity index (χ1v) is 6.33. The van der Waals surface area contributed by atoms with Gasteiger partial charge >= 0.3 is 0 Å². The zero-order valence-corrected chi connectivity index (χ0v) is 10.7. The molecule has 1 aromatic rings. The second-order valence-electron chi connectivity index (χ2n) is 5.17. The first-order chi connectivity index (χ1) is 8.09. The highest BCUT2D eigenvalue weighted by Gasteiger charge is 2.21. The maximum absolute atomic E-state index is 12.4. The number of nitrogens with zero attached hydrogens (tertiary/aromatic N) is 1. The standard InChI is InChI=1S/C14H21NO2/c1-12(2)14-5-3-13(4-6-14)11-15(16)7-9-17-10-8-15/h3-6,12H,7-11H2,1-2H3. The zero-order chi connectivity index (χ0) is 12.3. The minimum absolute atomic E-state index is 0.138. The summed E-state index contributed by atoms with van der Waals surface area (Å²) in [7, 11) is 0. The fraction of sp³-hybridized carbons (Fsp3) is 0.571. The smallest absolute Gasteiger partial charge is 0.104 e. The fourth-order valence-corrected chi connectivity index (χ4v) is 2.17. The predicted molar refractivity (Wildman–Crippen MR) is 68.4 cm³/mol. The van der Waals surface area contributed by atoms with Gasteiger partial charge in [0.25, 0.3) is 0 Å². The van der Waals surface area contributed by atoms with Crippen LogP contribution in [0, 0.1) is 5.21 Å². The number of rotatable bonds is 3. The van der Waals surface area contributed by atoms with Crippen molar-refractivity contribution in [2.24, 2.45) is 0 Å². The number of morpholine rings is 1. The van der Waals surface area contributed by atoms with E-state index in [2.05, 4.69) is 38.1 Å². The molecule has 0 N–H and O–H groups in total. The van der Waals surface area contributed by atoms with E-state index < -0.39 is 0 Å². The average Bonchev–Trinajstić information content (AvgIpc) is 2.30. The minimum atomic E-state index is -0.138. The predicted octanol–water partition coefficient (Wildman–Crippen LogP) is 2.65. The van der Waals surface area contributed by atoms with Crippen molar-refractivity contribution >= 4 is 0 Å². The van der Waals surface area contributed by atoms with Crippen molar-refractivity contribution in [3.8, 4) is 0 Å². The van der Waals surface area contributed by atoms with Crippen molar-refractivity contribution in [2.75, 3.05) is 26.3 Å². The Morgan fingerprint density at radius 2 is 1.76 bits per heavy atom. The monoisotopic (exact) mass is 235 g/mol. The quantitative estimate of drug-likeness (QED) is 0.596. The van der Waals surface area contributed by atoms with E-state index in [1.807, 2.05) is 0 Å². The van der Waals surface area contributed by atoms with Crippen LogP contribution in [0.2, 0.25) is 0 Å². The lowest BCUT2D eigenvalue weighted by molar-refractivity contribution is -0.901. The highest BCUT2D eigenvalue weighted by molar-refractivity contribution is 5.24. The molecule has 1 saturated heterocycles. The van der Waals surface area contributed by atoms with E-state index in [-0.39, 0.29) is 4.65 Å². The second kappa shape index (κ2) is 5.17. The zero-order valence-electron chi connectivity index (χ0n) is 10.7. The largest absolute Gasteiger partial charge is 0.632 e. The van der Waals surface area contributed by atoms with Crippen LogP contribution < -0.4 is 0 Å². The molecule has 17 heavy (non-hydrogen) atoms. The van der Waals surface area contributed by atoms with Gasteiger partial charge in [-0.25, -0.2) is 0 Å². The van der Waals surface area contributed by atoms with E-state index in [1.54, 1.807) is 0 Å². The van der Waals surface area contributed by atoms with Crippen molar-refractivity contribution in [3.05, 3.63) is 40.6 Å². The second-order valence-corrected chi connectivity index (χ2v) is 5.17. The summed E-state index contributed by atoms with van der Waals surface area (Å²) in [5, 5.41) is 12.4. The number of hydrogen-bond donors (Lipinski definition) is 0. The first kappa shape index (κ1) is 12.6. The molecule has 1 aliphatic heterocycles. The molecule has 1 aromatic carbocycles. The molecule has 0 spiro atoms. The Morgan fingerprint density at radius 3 is 2.29 bits per heavy atom. The molecule has 0 amide bonds. The van der Waals surface area contributed by atoms with Gasteiger partial charge in [0, 0.05) is 5.56 Å². The molecule has 1 fully saturated rings. The van der Waals surface area contributed by atoms with Gasteiger partial charge in [-0.15, -0.1) is 0 Å². The van der Waals surface area contributed by atoms with Gasteiger partial charge in [-0.3, -0.25) is 0 Å². The molecular formula is C14H21NO2. The third-order valence-electron chi connectivity index (χ3n) is 3.40. The van der Waals surface area contributed by atoms with Crippen LogP contribution in [-0.4, -0.2) is 30.9 Å². The summed E-state index contributed by atoms with van der Waals surface area (Å²) in [6.45, 7) is 7.26. The Morgan fingerprint density at radius 1 is 1.18 bits per heavy atom. The van der Waals surface area contributed by atoms with Gasteiger partial charge in [0.1, 0.15) is 19.6 Å². The van der Waals surface area contributed by atoms with Crippen molar-refractivity contribution < 1.29 is 9.38 Å². The van der Waals surface area contributed by atoms with Crippen LogP contribution in [0.1, 0.15) is 30.9 Å². The summed E-state index contributed by atoms with van der Waals surface area (Å²) >= 11 is 0. The molecule has 0 aliphatic carbocycles. The number of quaternary nitrogens is 1. The first-order valence-electron chi connectivity index (χ1n) is 6.33.